The molecule has 0 amide bonds. The van der Waals surface area contributed by atoms with Crippen LogP contribution < -0.4 is 0 Å². The summed E-state index contributed by atoms with van der Waals surface area (Å²) in [5, 5.41) is 27.7. The molecule has 0 bridgehead atoms. The van der Waals surface area contributed by atoms with Gasteiger partial charge >= 0.3 is 0 Å². The first-order valence-corrected chi connectivity index (χ1v) is 3.48. The summed E-state index contributed by atoms with van der Waals surface area (Å²) in [6.07, 6.45) is 0.195. The molecule has 3 heteroatoms. The van der Waals surface area contributed by atoms with Gasteiger partial charge < -0.3 is 15.3 Å². The third-order valence-corrected chi connectivity index (χ3v) is 1.58. The number of phenolic OH excluding ortho intramolecular Hbond substituents is 2. The minimum absolute atomic E-state index is 0.0903. The predicted octanol–water partition coefficient (Wildman–Crippen LogP) is 1.32. The first kappa shape index (κ1) is 8.62. The van der Waals surface area contributed by atoms with Crippen molar-refractivity contribution < 1.29 is 15.3 Å². The van der Waals surface area contributed by atoms with Gasteiger partial charge in [0, 0.05) is 0 Å². The highest BCUT2D eigenvalue weighted by Gasteiger charge is 2.12. The summed E-state index contributed by atoms with van der Waals surface area (Å²) in [6.45, 7) is 3.35. The van der Waals surface area contributed by atoms with Gasteiger partial charge in [0.15, 0.2) is 0 Å². The Kier molecular flexibility index (Phi) is 2.35. The number of hydrogen-bond donors (Lipinski definition) is 3. The van der Waals surface area contributed by atoms with Crippen LogP contribution in [0, 0.1) is 0 Å². The Morgan fingerprint density at radius 1 is 1.25 bits per heavy atom. The van der Waals surface area contributed by atoms with E-state index in [1.54, 1.807) is 0 Å². The van der Waals surface area contributed by atoms with Crippen molar-refractivity contribution in [3.63, 3.8) is 0 Å². The van der Waals surface area contributed by atoms with Crippen LogP contribution in [0.1, 0.15) is 11.7 Å². The van der Waals surface area contributed by atoms with Gasteiger partial charge in [0.05, 0.1) is 5.56 Å². The van der Waals surface area contributed by atoms with Gasteiger partial charge in [-0.25, -0.2) is 0 Å². The minimum atomic E-state index is -1.04. The van der Waals surface area contributed by atoms with Crippen molar-refractivity contribution >= 4 is 0 Å². The van der Waals surface area contributed by atoms with E-state index >= 15 is 0 Å². The largest absolute Gasteiger partial charge is 0.507 e. The normalized spacial score (nSPS) is 12.4. The molecule has 0 aliphatic carbocycles. The molecular formula is C9H10O3. The van der Waals surface area contributed by atoms with Crippen molar-refractivity contribution in [1.29, 1.82) is 0 Å². The molecule has 3 N–H and O–H groups in total. The van der Waals surface area contributed by atoms with Crippen LogP contribution in [-0.4, -0.2) is 15.3 Å². The topological polar surface area (TPSA) is 60.7 Å². The van der Waals surface area contributed by atoms with Gasteiger partial charge in [-0.15, -0.1) is 6.58 Å². The zero-order valence-electron chi connectivity index (χ0n) is 6.44. The molecule has 1 rings (SSSR count). The van der Waals surface area contributed by atoms with Gasteiger partial charge in [0.2, 0.25) is 0 Å². The van der Waals surface area contributed by atoms with Crippen LogP contribution in [0.4, 0.5) is 0 Å². The van der Waals surface area contributed by atoms with Crippen molar-refractivity contribution in [3.05, 3.63) is 36.4 Å². The quantitative estimate of drug-likeness (QED) is 0.580. The van der Waals surface area contributed by atoms with Crippen LogP contribution in [0.3, 0.4) is 0 Å². The van der Waals surface area contributed by atoms with Crippen molar-refractivity contribution in [1.82, 2.24) is 0 Å². The van der Waals surface area contributed by atoms with E-state index in [4.69, 9.17) is 0 Å². The summed E-state index contributed by atoms with van der Waals surface area (Å²) in [5.41, 5.74) is 0.0903. The molecule has 12 heavy (non-hydrogen) atoms. The summed E-state index contributed by atoms with van der Waals surface area (Å²) >= 11 is 0. The first-order valence-electron chi connectivity index (χ1n) is 3.48. The molecule has 64 valence electrons. The summed E-state index contributed by atoms with van der Waals surface area (Å²) in [7, 11) is 0. The number of aliphatic hydroxyl groups is 1. The van der Waals surface area contributed by atoms with Gasteiger partial charge in [-0.05, 0) is 12.1 Å². The van der Waals surface area contributed by atoms with Crippen molar-refractivity contribution in [2.24, 2.45) is 0 Å². The molecule has 1 aromatic rings. The van der Waals surface area contributed by atoms with E-state index in [1.165, 1.54) is 24.3 Å². The van der Waals surface area contributed by atoms with E-state index in [-0.39, 0.29) is 17.1 Å². The molecule has 0 fully saturated rings. The summed E-state index contributed by atoms with van der Waals surface area (Å²) in [4.78, 5) is 0. The maximum Gasteiger partial charge on any atom is 0.125 e. The molecular weight excluding hydrogens is 156 g/mol. The Balaban J connectivity index is 3.20. The lowest BCUT2D eigenvalue weighted by molar-refractivity contribution is 0.219. The van der Waals surface area contributed by atoms with Crippen molar-refractivity contribution in [2.45, 2.75) is 6.10 Å². The zero-order valence-corrected chi connectivity index (χ0v) is 6.44. The Hall–Kier alpha value is -1.48. The SMILES string of the molecule is C=CC(O)c1c(O)cccc1O. The Labute approximate surface area is 70.2 Å². The molecule has 0 aliphatic rings. The predicted molar refractivity (Wildman–Crippen MR) is 44.9 cm³/mol. The summed E-state index contributed by atoms with van der Waals surface area (Å²) < 4.78 is 0. The second-order valence-electron chi connectivity index (χ2n) is 2.39. The maximum absolute atomic E-state index is 9.25. The fraction of sp³-hybridized carbons (Fsp3) is 0.111. The number of aliphatic hydroxyl groups excluding tert-OH is 1. The molecule has 1 unspecified atom stereocenters. The van der Waals surface area contributed by atoms with E-state index in [1.807, 2.05) is 0 Å². The van der Waals surface area contributed by atoms with Gasteiger partial charge in [0.1, 0.15) is 17.6 Å². The highest BCUT2D eigenvalue weighted by atomic mass is 16.3. The Morgan fingerprint density at radius 3 is 2.17 bits per heavy atom. The molecule has 0 heterocycles. The Morgan fingerprint density at radius 2 is 1.75 bits per heavy atom. The summed E-state index contributed by atoms with van der Waals surface area (Å²) in [6, 6.07) is 4.27. The monoisotopic (exact) mass is 166 g/mol. The number of benzene rings is 1. The fourth-order valence-electron chi connectivity index (χ4n) is 0.962. The molecule has 0 aliphatic heterocycles. The summed E-state index contributed by atoms with van der Waals surface area (Å²) in [5.74, 6) is -0.273. The van der Waals surface area contributed by atoms with E-state index in [0.717, 1.165) is 0 Å². The van der Waals surface area contributed by atoms with Crippen molar-refractivity contribution in [2.75, 3.05) is 0 Å². The number of aromatic hydroxyl groups is 2. The van der Waals surface area contributed by atoms with Crippen LogP contribution in [0.25, 0.3) is 0 Å². The third-order valence-electron chi connectivity index (χ3n) is 1.58. The van der Waals surface area contributed by atoms with Crippen LogP contribution in [0.15, 0.2) is 30.9 Å². The standard InChI is InChI=1S/C9H10O3/c1-2-6(10)9-7(11)4-3-5-8(9)12/h2-6,10-12H,1H2. The molecule has 0 aromatic heterocycles. The van der Waals surface area contributed by atoms with E-state index in [9.17, 15) is 15.3 Å². The first-order chi connectivity index (χ1) is 5.66. The highest BCUT2D eigenvalue weighted by molar-refractivity contribution is 5.45. The molecule has 0 saturated carbocycles. The van der Waals surface area contributed by atoms with E-state index in [2.05, 4.69) is 6.58 Å². The van der Waals surface area contributed by atoms with Crippen LogP contribution in [0.2, 0.25) is 0 Å². The Bertz CT molecular complexity index is 274. The minimum Gasteiger partial charge on any atom is -0.507 e. The molecule has 3 nitrogen and oxygen atoms in total. The van der Waals surface area contributed by atoms with E-state index in [0.29, 0.717) is 0 Å². The zero-order chi connectivity index (χ0) is 9.14. The molecule has 0 saturated heterocycles. The van der Waals surface area contributed by atoms with Gasteiger partial charge in [-0.1, -0.05) is 12.1 Å². The number of phenols is 2. The van der Waals surface area contributed by atoms with Gasteiger partial charge in [-0.2, -0.15) is 0 Å². The molecule has 1 atom stereocenters. The van der Waals surface area contributed by atoms with Crippen molar-refractivity contribution in [3.8, 4) is 11.5 Å². The van der Waals surface area contributed by atoms with Crippen LogP contribution >= 0.6 is 0 Å². The lowest BCUT2D eigenvalue weighted by Gasteiger charge is -2.09. The fourth-order valence-corrected chi connectivity index (χ4v) is 0.962. The highest BCUT2D eigenvalue weighted by Crippen LogP contribution is 2.32. The van der Waals surface area contributed by atoms with Gasteiger partial charge in [-0.3, -0.25) is 0 Å². The lowest BCUT2D eigenvalue weighted by atomic mass is 10.1. The number of hydrogen-bond acceptors (Lipinski definition) is 3. The smallest absolute Gasteiger partial charge is 0.125 e. The second kappa shape index (κ2) is 3.28. The van der Waals surface area contributed by atoms with E-state index < -0.39 is 6.10 Å². The molecule has 0 spiro atoms. The van der Waals surface area contributed by atoms with Crippen LogP contribution in [0.5, 0.6) is 11.5 Å². The molecule has 1 aromatic carbocycles. The lowest BCUT2D eigenvalue weighted by Crippen LogP contribution is -1.93. The third kappa shape index (κ3) is 1.40. The average Bonchev–Trinajstić information content (AvgIpc) is 2.03. The average molecular weight is 166 g/mol. The second-order valence-corrected chi connectivity index (χ2v) is 2.39. The molecule has 0 radical (unpaired) electrons. The maximum atomic E-state index is 9.25. The van der Waals surface area contributed by atoms with Gasteiger partial charge in [0.25, 0.3) is 0 Å². The van der Waals surface area contributed by atoms with Crippen LogP contribution in [-0.2, 0) is 0 Å². The number of rotatable bonds is 2.